The van der Waals surface area contributed by atoms with Crippen LogP contribution in [0.2, 0.25) is 0 Å². The van der Waals surface area contributed by atoms with Crippen LogP contribution < -0.4 is 5.32 Å². The number of aryl methyl sites for hydroxylation is 1. The lowest BCUT2D eigenvalue weighted by molar-refractivity contribution is -0.128. The second kappa shape index (κ2) is 8.46. The molecule has 1 aliphatic carbocycles. The molecule has 0 saturated carbocycles. The number of fused-ring (bicyclic) bond motifs is 4. The summed E-state index contributed by atoms with van der Waals surface area (Å²) in [5.41, 5.74) is 2.84. The molecule has 2 aromatic heterocycles. The molecule has 1 fully saturated rings. The summed E-state index contributed by atoms with van der Waals surface area (Å²) < 4.78 is 2.22. The Labute approximate surface area is 178 Å². The number of hydrogen-bond donors (Lipinski definition) is 1. The summed E-state index contributed by atoms with van der Waals surface area (Å²) in [5, 5.41) is 3.76. The first kappa shape index (κ1) is 20.4. The molecule has 0 unspecified atom stereocenters. The average molecular weight is 406 g/mol. The molecule has 0 atom stereocenters. The van der Waals surface area contributed by atoms with Gasteiger partial charge in [-0.05, 0) is 37.8 Å². The number of imidazole rings is 1. The molecule has 3 aliphatic rings. The van der Waals surface area contributed by atoms with Gasteiger partial charge in [-0.2, -0.15) is 0 Å². The molecule has 1 amide bonds. The minimum atomic E-state index is -0.204. The number of nitrogens with zero attached hydrogens (tertiary/aromatic N) is 4. The van der Waals surface area contributed by atoms with Crippen LogP contribution >= 0.6 is 0 Å². The van der Waals surface area contributed by atoms with Gasteiger partial charge < -0.3 is 10.2 Å². The molecular weight excluding hydrogens is 374 g/mol. The zero-order valence-electron chi connectivity index (χ0n) is 18.2. The van der Waals surface area contributed by atoms with Crippen molar-refractivity contribution in [2.75, 3.05) is 18.4 Å². The van der Waals surface area contributed by atoms with Crippen LogP contribution in [0.3, 0.4) is 0 Å². The Kier molecular flexibility index (Phi) is 5.75. The highest BCUT2D eigenvalue weighted by atomic mass is 16.2. The van der Waals surface area contributed by atoms with Crippen molar-refractivity contribution in [2.24, 2.45) is 0 Å². The van der Waals surface area contributed by atoms with Crippen molar-refractivity contribution in [1.82, 2.24) is 19.4 Å². The van der Waals surface area contributed by atoms with Crippen molar-refractivity contribution < 1.29 is 4.79 Å². The van der Waals surface area contributed by atoms with Gasteiger partial charge in [-0.3, -0.25) is 9.36 Å². The van der Waals surface area contributed by atoms with Gasteiger partial charge in [0, 0.05) is 31.3 Å². The molecule has 6 nitrogen and oxygen atoms in total. The first-order valence-electron chi connectivity index (χ1n) is 11.2. The number of piperidine rings is 1. The fourth-order valence-electron chi connectivity index (χ4n) is 4.64. The highest BCUT2D eigenvalue weighted by molar-refractivity contribution is 5.96. The molecule has 2 aliphatic heterocycles. The van der Waals surface area contributed by atoms with Crippen molar-refractivity contribution in [3.63, 3.8) is 0 Å². The molecule has 1 spiro atoms. The predicted molar refractivity (Wildman–Crippen MR) is 120 cm³/mol. The molecule has 0 bridgehead atoms. The molecule has 1 N–H and O–H groups in total. The second-order valence-corrected chi connectivity index (χ2v) is 7.76. The van der Waals surface area contributed by atoms with Gasteiger partial charge in [0.15, 0.2) is 5.82 Å². The zero-order chi connectivity index (χ0) is 21.1. The van der Waals surface area contributed by atoms with Gasteiger partial charge in [0.2, 0.25) is 0 Å². The van der Waals surface area contributed by atoms with Gasteiger partial charge in [0.1, 0.15) is 5.82 Å². The van der Waals surface area contributed by atoms with Gasteiger partial charge in [0.05, 0.1) is 23.1 Å². The number of carbonyl (C=O) groups is 1. The maximum absolute atomic E-state index is 12.9. The van der Waals surface area contributed by atoms with Crippen LogP contribution in [0, 0.1) is 0 Å². The molecule has 6 heteroatoms. The number of hydrogen-bond acceptors (Lipinski definition) is 4. The van der Waals surface area contributed by atoms with E-state index in [0.717, 1.165) is 68.1 Å². The molecule has 2 aromatic rings. The maximum atomic E-state index is 12.9. The van der Waals surface area contributed by atoms with Crippen molar-refractivity contribution in [2.45, 2.75) is 58.4 Å². The van der Waals surface area contributed by atoms with Crippen molar-refractivity contribution in [3.8, 4) is 5.82 Å². The molecule has 0 aromatic carbocycles. The summed E-state index contributed by atoms with van der Waals surface area (Å²) in [7, 11) is 0. The van der Waals surface area contributed by atoms with E-state index < -0.39 is 0 Å². The highest BCUT2D eigenvalue weighted by Crippen LogP contribution is 2.43. The number of likely N-dealkylation sites (tertiary alicyclic amines) is 1. The predicted octanol–water partition coefficient (Wildman–Crippen LogP) is 4.38. The quantitative estimate of drug-likeness (QED) is 0.806. The van der Waals surface area contributed by atoms with Crippen molar-refractivity contribution in [1.29, 1.82) is 0 Å². The molecule has 1 saturated heterocycles. The minimum Gasteiger partial charge on any atom is -0.371 e. The van der Waals surface area contributed by atoms with Crippen LogP contribution in [-0.2, 0) is 16.8 Å². The highest BCUT2D eigenvalue weighted by Gasteiger charge is 2.44. The molecule has 0 radical (unpaired) electrons. The van der Waals surface area contributed by atoms with Crippen LogP contribution in [0.15, 0.2) is 48.3 Å². The van der Waals surface area contributed by atoms with Gasteiger partial charge in [-0.25, -0.2) is 9.97 Å². The van der Waals surface area contributed by atoms with Crippen LogP contribution in [-0.4, -0.2) is 38.4 Å². The Morgan fingerprint density at radius 3 is 2.70 bits per heavy atom. The third-order valence-electron chi connectivity index (χ3n) is 6.16. The Morgan fingerprint density at radius 1 is 1.20 bits per heavy atom. The summed E-state index contributed by atoms with van der Waals surface area (Å²) in [5.74, 6) is 2.12. The maximum Gasteiger partial charge on any atom is 0.253 e. The smallest absolute Gasteiger partial charge is 0.253 e. The standard InChI is InChI=1S/C22H25N5O.C2H6/c1-2-19-24-15-18-22(25-17-9-6-12-23-20(17)27(18)19)10-13-26(14-11-22)21(28)16-7-4-3-5-8-16;1-2/h4,6-9,12,15,25H,2-3,5,10-11,13-14H2,1H3;1-2H3. The fraction of sp³-hybridized carbons (Fsp3) is 0.458. The van der Waals surface area contributed by atoms with Crippen LogP contribution in [0.1, 0.15) is 58.0 Å². The number of anilines is 1. The second-order valence-electron chi connectivity index (χ2n) is 7.76. The topological polar surface area (TPSA) is 63.1 Å². The van der Waals surface area contributed by atoms with E-state index in [1.54, 1.807) is 0 Å². The zero-order valence-corrected chi connectivity index (χ0v) is 18.2. The lowest BCUT2D eigenvalue weighted by Gasteiger charge is -2.45. The van der Waals surface area contributed by atoms with E-state index in [0.29, 0.717) is 0 Å². The number of allylic oxidation sites excluding steroid dienone is 2. The third kappa shape index (κ3) is 3.34. The number of pyridine rings is 1. The molecular formula is C24H31N5O. The molecule has 5 rings (SSSR count). The van der Waals surface area contributed by atoms with E-state index in [-0.39, 0.29) is 11.4 Å². The lowest BCUT2D eigenvalue weighted by Crippen LogP contribution is -2.51. The average Bonchev–Trinajstić information content (AvgIpc) is 3.27. The number of amides is 1. The Bertz CT molecular complexity index is 979. The number of carbonyl (C=O) groups excluding carboxylic acids is 1. The Hall–Kier alpha value is -2.89. The summed E-state index contributed by atoms with van der Waals surface area (Å²) in [6.45, 7) is 7.60. The SMILES string of the molecule is CC.CCc1ncc2n1-c1ncccc1NC21CCN(C(=O)C2=CCCC=C2)CC1. The van der Waals surface area contributed by atoms with E-state index in [9.17, 15) is 4.79 Å². The monoisotopic (exact) mass is 405 g/mol. The van der Waals surface area contributed by atoms with E-state index in [1.807, 2.05) is 43.3 Å². The van der Waals surface area contributed by atoms with E-state index >= 15 is 0 Å². The fourth-order valence-corrected chi connectivity index (χ4v) is 4.64. The summed E-state index contributed by atoms with van der Waals surface area (Å²) in [4.78, 5) is 24.2. The lowest BCUT2D eigenvalue weighted by atomic mass is 9.82. The van der Waals surface area contributed by atoms with E-state index in [2.05, 4.69) is 45.0 Å². The summed E-state index contributed by atoms with van der Waals surface area (Å²) in [6, 6.07) is 4.05. The third-order valence-corrected chi connectivity index (χ3v) is 6.16. The van der Waals surface area contributed by atoms with Gasteiger partial charge in [-0.1, -0.05) is 39.0 Å². The van der Waals surface area contributed by atoms with E-state index in [4.69, 9.17) is 0 Å². The summed E-state index contributed by atoms with van der Waals surface area (Å²) in [6.07, 6.45) is 14.5. The normalized spacial score (nSPS) is 18.5. The Morgan fingerprint density at radius 2 is 2.00 bits per heavy atom. The number of nitrogens with one attached hydrogen (secondary N) is 1. The van der Waals surface area contributed by atoms with Gasteiger partial charge in [0.25, 0.3) is 5.91 Å². The molecule has 158 valence electrons. The van der Waals surface area contributed by atoms with Gasteiger partial charge in [-0.15, -0.1) is 0 Å². The van der Waals surface area contributed by atoms with Crippen LogP contribution in [0.25, 0.3) is 5.82 Å². The number of rotatable bonds is 2. The minimum absolute atomic E-state index is 0.159. The van der Waals surface area contributed by atoms with E-state index in [1.165, 1.54) is 5.69 Å². The first-order chi connectivity index (χ1) is 14.7. The van der Waals surface area contributed by atoms with Crippen LogP contribution in [0.4, 0.5) is 5.69 Å². The number of aromatic nitrogens is 3. The first-order valence-corrected chi connectivity index (χ1v) is 11.2. The van der Waals surface area contributed by atoms with Crippen LogP contribution in [0.5, 0.6) is 0 Å². The van der Waals surface area contributed by atoms with Gasteiger partial charge >= 0.3 is 0 Å². The Balaban J connectivity index is 0.00000106. The molecule has 4 heterocycles. The molecule has 30 heavy (non-hydrogen) atoms. The van der Waals surface area contributed by atoms with Crippen molar-refractivity contribution in [3.05, 3.63) is 59.8 Å². The largest absolute Gasteiger partial charge is 0.371 e. The summed E-state index contributed by atoms with van der Waals surface area (Å²) >= 11 is 0. The van der Waals surface area contributed by atoms with Crippen molar-refractivity contribution >= 4 is 11.6 Å².